The monoisotopic (exact) mass is 226 g/mol. The molecule has 1 aromatic rings. The maximum Gasteiger partial charge on any atom is 0.113 e. The molecule has 1 atom stereocenters. The number of rotatable bonds is 3. The standard InChI is InChI=1S/C11H14OS2/c1-2-5-10(6-3-1)9-12-11-7-4-8-13-14-11/h1-3,5-6,11H,4,7-9H2. The second-order valence-corrected chi connectivity index (χ2v) is 5.93. The molecule has 0 saturated carbocycles. The molecule has 1 aliphatic heterocycles. The van der Waals surface area contributed by atoms with Crippen LogP contribution >= 0.6 is 21.6 Å². The van der Waals surface area contributed by atoms with Crippen LogP contribution in [0.15, 0.2) is 30.3 Å². The van der Waals surface area contributed by atoms with Gasteiger partial charge in [0.2, 0.25) is 0 Å². The van der Waals surface area contributed by atoms with E-state index in [4.69, 9.17) is 4.74 Å². The summed E-state index contributed by atoms with van der Waals surface area (Å²) in [6.45, 7) is 0.749. The van der Waals surface area contributed by atoms with Gasteiger partial charge in [0.1, 0.15) is 5.44 Å². The van der Waals surface area contributed by atoms with Gasteiger partial charge < -0.3 is 4.74 Å². The van der Waals surface area contributed by atoms with Gasteiger partial charge in [0.15, 0.2) is 0 Å². The van der Waals surface area contributed by atoms with Crippen molar-refractivity contribution < 1.29 is 4.74 Å². The highest BCUT2D eigenvalue weighted by Gasteiger charge is 2.14. The van der Waals surface area contributed by atoms with E-state index in [-0.39, 0.29) is 0 Å². The van der Waals surface area contributed by atoms with Crippen LogP contribution in [0.4, 0.5) is 0 Å². The minimum absolute atomic E-state index is 0.397. The van der Waals surface area contributed by atoms with E-state index < -0.39 is 0 Å². The molecule has 1 heterocycles. The molecule has 0 spiro atoms. The van der Waals surface area contributed by atoms with Gasteiger partial charge in [0.05, 0.1) is 6.61 Å². The average molecular weight is 226 g/mol. The Hall–Kier alpha value is -0.120. The molecule has 1 aromatic carbocycles. The topological polar surface area (TPSA) is 9.23 Å². The van der Waals surface area contributed by atoms with Gasteiger partial charge in [0, 0.05) is 5.75 Å². The molecular weight excluding hydrogens is 212 g/mol. The molecule has 76 valence electrons. The Morgan fingerprint density at radius 1 is 1.29 bits per heavy atom. The van der Waals surface area contributed by atoms with Crippen LogP contribution in [0.2, 0.25) is 0 Å². The Kier molecular flexibility index (Phi) is 4.22. The van der Waals surface area contributed by atoms with Crippen LogP contribution in [0.3, 0.4) is 0 Å². The zero-order valence-corrected chi connectivity index (χ0v) is 9.65. The highest BCUT2D eigenvalue weighted by molar-refractivity contribution is 8.77. The minimum Gasteiger partial charge on any atom is -0.362 e. The molecule has 1 fully saturated rings. The molecule has 0 aliphatic carbocycles. The highest BCUT2D eigenvalue weighted by atomic mass is 33.1. The first-order valence-electron chi connectivity index (χ1n) is 4.89. The average Bonchev–Trinajstić information content (AvgIpc) is 2.29. The lowest BCUT2D eigenvalue weighted by Crippen LogP contribution is -2.10. The van der Waals surface area contributed by atoms with Gasteiger partial charge in [-0.15, -0.1) is 0 Å². The third kappa shape index (κ3) is 3.23. The maximum atomic E-state index is 5.81. The summed E-state index contributed by atoms with van der Waals surface area (Å²) in [4.78, 5) is 0. The smallest absolute Gasteiger partial charge is 0.113 e. The van der Waals surface area contributed by atoms with E-state index in [1.807, 2.05) is 27.7 Å². The summed E-state index contributed by atoms with van der Waals surface area (Å²) in [5.74, 6) is 1.27. The van der Waals surface area contributed by atoms with Crippen LogP contribution in [0.25, 0.3) is 0 Å². The quantitative estimate of drug-likeness (QED) is 0.727. The van der Waals surface area contributed by atoms with Crippen molar-refractivity contribution in [2.75, 3.05) is 5.75 Å². The summed E-state index contributed by atoms with van der Waals surface area (Å²) in [5.41, 5.74) is 1.66. The molecule has 1 saturated heterocycles. The molecule has 0 amide bonds. The van der Waals surface area contributed by atoms with Gasteiger partial charge >= 0.3 is 0 Å². The molecular formula is C11H14OS2. The van der Waals surface area contributed by atoms with Gasteiger partial charge in [-0.2, -0.15) is 0 Å². The fraction of sp³-hybridized carbons (Fsp3) is 0.455. The molecule has 1 aliphatic rings. The first-order chi connectivity index (χ1) is 6.95. The van der Waals surface area contributed by atoms with Crippen molar-refractivity contribution in [1.29, 1.82) is 0 Å². The van der Waals surface area contributed by atoms with Crippen molar-refractivity contribution in [2.45, 2.75) is 24.9 Å². The van der Waals surface area contributed by atoms with Crippen molar-refractivity contribution in [2.24, 2.45) is 0 Å². The molecule has 0 radical (unpaired) electrons. The van der Waals surface area contributed by atoms with Gasteiger partial charge in [0.25, 0.3) is 0 Å². The summed E-state index contributed by atoms with van der Waals surface area (Å²) < 4.78 is 5.81. The Labute approximate surface area is 93.0 Å². The largest absolute Gasteiger partial charge is 0.362 e. The number of hydrogen-bond donors (Lipinski definition) is 0. The van der Waals surface area contributed by atoms with E-state index in [1.54, 1.807) is 0 Å². The molecule has 1 unspecified atom stereocenters. The number of hydrogen-bond acceptors (Lipinski definition) is 3. The fourth-order valence-electron chi connectivity index (χ4n) is 1.36. The van der Waals surface area contributed by atoms with Crippen LogP contribution < -0.4 is 0 Å². The van der Waals surface area contributed by atoms with Crippen LogP contribution in [0, 0.1) is 0 Å². The van der Waals surface area contributed by atoms with Crippen LogP contribution in [-0.2, 0) is 11.3 Å². The van der Waals surface area contributed by atoms with Gasteiger partial charge in [-0.1, -0.05) is 51.9 Å². The van der Waals surface area contributed by atoms with E-state index in [0.717, 1.165) is 6.61 Å². The zero-order valence-electron chi connectivity index (χ0n) is 8.02. The Balaban J connectivity index is 1.76. The highest BCUT2D eigenvalue weighted by Crippen LogP contribution is 2.36. The first kappa shape index (κ1) is 10.4. The predicted molar refractivity (Wildman–Crippen MR) is 64.3 cm³/mol. The molecule has 2 rings (SSSR count). The third-order valence-corrected chi connectivity index (χ3v) is 4.85. The summed E-state index contributed by atoms with van der Waals surface area (Å²) in [6.07, 6.45) is 2.49. The SMILES string of the molecule is c1ccc(COC2CCCSS2)cc1. The van der Waals surface area contributed by atoms with Crippen molar-refractivity contribution >= 4 is 21.6 Å². The maximum absolute atomic E-state index is 5.81. The third-order valence-electron chi connectivity index (χ3n) is 2.12. The van der Waals surface area contributed by atoms with E-state index in [2.05, 4.69) is 24.3 Å². The van der Waals surface area contributed by atoms with Crippen molar-refractivity contribution in [1.82, 2.24) is 0 Å². The Morgan fingerprint density at radius 3 is 2.86 bits per heavy atom. The van der Waals surface area contributed by atoms with E-state index in [9.17, 15) is 0 Å². The Bertz CT molecular complexity index is 257. The summed E-state index contributed by atoms with van der Waals surface area (Å²) in [6, 6.07) is 10.4. The van der Waals surface area contributed by atoms with Crippen LogP contribution in [-0.4, -0.2) is 11.2 Å². The molecule has 1 nitrogen and oxygen atoms in total. The second kappa shape index (κ2) is 5.69. The van der Waals surface area contributed by atoms with Crippen molar-refractivity contribution in [3.63, 3.8) is 0 Å². The molecule has 0 N–H and O–H groups in total. The lowest BCUT2D eigenvalue weighted by molar-refractivity contribution is 0.0938. The molecule has 0 aromatic heterocycles. The van der Waals surface area contributed by atoms with E-state index in [0.29, 0.717) is 5.44 Å². The second-order valence-electron chi connectivity index (χ2n) is 3.29. The predicted octanol–water partition coefficient (Wildman–Crippen LogP) is 3.70. The number of ether oxygens (including phenoxy) is 1. The number of benzene rings is 1. The van der Waals surface area contributed by atoms with Gasteiger partial charge in [-0.05, 0) is 18.4 Å². The van der Waals surface area contributed by atoms with Gasteiger partial charge in [-0.3, -0.25) is 0 Å². The minimum atomic E-state index is 0.397. The molecule has 0 bridgehead atoms. The van der Waals surface area contributed by atoms with Crippen LogP contribution in [0.5, 0.6) is 0 Å². The lowest BCUT2D eigenvalue weighted by atomic mass is 10.2. The summed E-state index contributed by atoms with van der Waals surface area (Å²) in [5, 5.41) is 0. The van der Waals surface area contributed by atoms with E-state index >= 15 is 0 Å². The summed E-state index contributed by atoms with van der Waals surface area (Å²) in [7, 11) is 3.81. The first-order valence-corrected chi connectivity index (χ1v) is 7.27. The molecule has 14 heavy (non-hydrogen) atoms. The van der Waals surface area contributed by atoms with Crippen LogP contribution in [0.1, 0.15) is 18.4 Å². The summed E-state index contributed by atoms with van der Waals surface area (Å²) >= 11 is 0. The zero-order chi connectivity index (χ0) is 9.64. The Morgan fingerprint density at radius 2 is 2.14 bits per heavy atom. The lowest BCUT2D eigenvalue weighted by Gasteiger charge is -2.20. The molecule has 3 heteroatoms. The van der Waals surface area contributed by atoms with Crippen molar-refractivity contribution in [3.8, 4) is 0 Å². The normalized spacial score (nSPS) is 22.1. The fourth-order valence-corrected chi connectivity index (χ4v) is 3.83. The van der Waals surface area contributed by atoms with Gasteiger partial charge in [-0.25, -0.2) is 0 Å². The van der Waals surface area contributed by atoms with E-state index in [1.165, 1.54) is 24.2 Å². The van der Waals surface area contributed by atoms with Crippen molar-refractivity contribution in [3.05, 3.63) is 35.9 Å².